The number of nitrogens with two attached hydrogens (primary N) is 1. The van der Waals surface area contributed by atoms with Crippen molar-refractivity contribution in [2.45, 2.75) is 46.1 Å². The van der Waals surface area contributed by atoms with E-state index < -0.39 is 5.54 Å². The van der Waals surface area contributed by atoms with Gasteiger partial charge in [0.15, 0.2) is 0 Å². The zero-order chi connectivity index (χ0) is 10.5. The molecule has 0 bridgehead atoms. The molecule has 0 radical (unpaired) electrons. The molecule has 0 spiro atoms. The first-order valence-corrected chi connectivity index (χ1v) is 5.07. The van der Waals surface area contributed by atoms with Crippen molar-refractivity contribution in [1.29, 1.82) is 0 Å². The summed E-state index contributed by atoms with van der Waals surface area (Å²) in [6.45, 7) is 9.29. The van der Waals surface area contributed by atoms with Gasteiger partial charge in [0.2, 0.25) is 5.91 Å². The third-order valence-electron chi connectivity index (χ3n) is 2.31. The number of carbonyl (C=O) groups excluding carboxylic acids is 1. The molecule has 0 aromatic heterocycles. The Hall–Kier alpha value is -0.570. The predicted octanol–water partition coefficient (Wildman–Crippen LogP) is 1.37. The van der Waals surface area contributed by atoms with Crippen LogP contribution in [0.3, 0.4) is 0 Å². The Kier molecular flexibility index (Phi) is 4.99. The molecule has 0 rings (SSSR count). The summed E-state index contributed by atoms with van der Waals surface area (Å²) in [4.78, 5) is 13.6. The fourth-order valence-electron chi connectivity index (χ4n) is 1.50. The second kappa shape index (κ2) is 5.22. The monoisotopic (exact) mass is 186 g/mol. The van der Waals surface area contributed by atoms with Gasteiger partial charge in [0.05, 0.1) is 5.54 Å². The lowest BCUT2D eigenvalue weighted by Gasteiger charge is -2.30. The Balaban J connectivity index is 4.36. The molecule has 78 valence electrons. The van der Waals surface area contributed by atoms with Gasteiger partial charge in [0, 0.05) is 13.1 Å². The van der Waals surface area contributed by atoms with E-state index in [0.717, 1.165) is 25.9 Å². The van der Waals surface area contributed by atoms with Crippen molar-refractivity contribution < 1.29 is 4.79 Å². The van der Waals surface area contributed by atoms with Crippen LogP contribution < -0.4 is 5.73 Å². The van der Waals surface area contributed by atoms with Crippen molar-refractivity contribution in [1.82, 2.24) is 4.90 Å². The van der Waals surface area contributed by atoms with Crippen LogP contribution in [0, 0.1) is 0 Å². The van der Waals surface area contributed by atoms with Crippen LogP contribution in [0.5, 0.6) is 0 Å². The topological polar surface area (TPSA) is 46.3 Å². The summed E-state index contributed by atoms with van der Waals surface area (Å²) >= 11 is 0. The summed E-state index contributed by atoms with van der Waals surface area (Å²) in [5.74, 6) is 0.0688. The number of hydrogen-bond acceptors (Lipinski definition) is 2. The van der Waals surface area contributed by atoms with E-state index in [-0.39, 0.29) is 5.91 Å². The molecule has 0 aromatic carbocycles. The molecule has 0 fully saturated rings. The van der Waals surface area contributed by atoms with Gasteiger partial charge < -0.3 is 10.6 Å². The van der Waals surface area contributed by atoms with Gasteiger partial charge in [-0.1, -0.05) is 13.3 Å². The summed E-state index contributed by atoms with van der Waals surface area (Å²) in [7, 11) is 0. The van der Waals surface area contributed by atoms with E-state index in [0.29, 0.717) is 0 Å². The second-order valence-corrected chi connectivity index (χ2v) is 3.64. The molecular weight excluding hydrogens is 164 g/mol. The normalized spacial score (nSPS) is 15.2. The number of rotatable bonds is 5. The predicted molar refractivity (Wildman–Crippen MR) is 55.4 cm³/mol. The molecule has 1 atom stereocenters. The van der Waals surface area contributed by atoms with Crippen molar-refractivity contribution in [2.75, 3.05) is 13.1 Å². The molecule has 0 aromatic rings. The van der Waals surface area contributed by atoms with Gasteiger partial charge >= 0.3 is 0 Å². The van der Waals surface area contributed by atoms with Crippen LogP contribution in [0.15, 0.2) is 0 Å². The van der Waals surface area contributed by atoms with Crippen LogP contribution in [-0.2, 0) is 4.79 Å². The minimum Gasteiger partial charge on any atom is -0.342 e. The highest BCUT2D eigenvalue weighted by Gasteiger charge is 2.30. The highest BCUT2D eigenvalue weighted by Crippen LogP contribution is 2.12. The fourth-order valence-corrected chi connectivity index (χ4v) is 1.50. The lowest BCUT2D eigenvalue weighted by Crippen LogP contribution is -2.53. The van der Waals surface area contributed by atoms with Crippen LogP contribution in [0.2, 0.25) is 0 Å². The number of likely N-dealkylation sites (N-methyl/N-ethyl adjacent to an activating group) is 1. The Morgan fingerprint density at radius 2 is 1.77 bits per heavy atom. The average molecular weight is 186 g/mol. The van der Waals surface area contributed by atoms with E-state index in [9.17, 15) is 4.79 Å². The lowest BCUT2D eigenvalue weighted by molar-refractivity contribution is -0.136. The largest absolute Gasteiger partial charge is 0.342 e. The molecular formula is C10H22N2O. The highest BCUT2D eigenvalue weighted by molar-refractivity contribution is 5.85. The van der Waals surface area contributed by atoms with E-state index in [1.165, 1.54) is 0 Å². The third kappa shape index (κ3) is 3.35. The maximum Gasteiger partial charge on any atom is 0.242 e. The van der Waals surface area contributed by atoms with Crippen LogP contribution in [0.4, 0.5) is 0 Å². The van der Waals surface area contributed by atoms with Crippen LogP contribution >= 0.6 is 0 Å². The van der Waals surface area contributed by atoms with Crippen molar-refractivity contribution in [3.05, 3.63) is 0 Å². The molecule has 0 saturated heterocycles. The first-order valence-electron chi connectivity index (χ1n) is 5.07. The summed E-state index contributed by atoms with van der Waals surface area (Å²) < 4.78 is 0. The van der Waals surface area contributed by atoms with Crippen LogP contribution in [0.1, 0.15) is 40.5 Å². The lowest BCUT2D eigenvalue weighted by atomic mass is 9.96. The van der Waals surface area contributed by atoms with Gasteiger partial charge in [0.25, 0.3) is 0 Å². The minimum atomic E-state index is -0.680. The van der Waals surface area contributed by atoms with E-state index in [1.54, 1.807) is 4.90 Å². The van der Waals surface area contributed by atoms with E-state index in [4.69, 9.17) is 5.73 Å². The Labute approximate surface area is 81.3 Å². The molecule has 1 amide bonds. The average Bonchev–Trinajstić information content (AvgIpc) is 2.06. The second-order valence-electron chi connectivity index (χ2n) is 3.64. The summed E-state index contributed by atoms with van der Waals surface area (Å²) in [6, 6.07) is 0. The van der Waals surface area contributed by atoms with Crippen LogP contribution in [-0.4, -0.2) is 29.4 Å². The van der Waals surface area contributed by atoms with Crippen molar-refractivity contribution in [3.63, 3.8) is 0 Å². The summed E-state index contributed by atoms with van der Waals surface area (Å²) in [5, 5.41) is 0. The van der Waals surface area contributed by atoms with Crippen molar-refractivity contribution in [3.8, 4) is 0 Å². The minimum absolute atomic E-state index is 0.0688. The molecule has 1 unspecified atom stereocenters. The van der Waals surface area contributed by atoms with Crippen molar-refractivity contribution >= 4 is 5.91 Å². The smallest absolute Gasteiger partial charge is 0.242 e. The Bertz CT molecular complexity index is 162. The third-order valence-corrected chi connectivity index (χ3v) is 2.31. The van der Waals surface area contributed by atoms with Gasteiger partial charge in [-0.25, -0.2) is 0 Å². The summed E-state index contributed by atoms with van der Waals surface area (Å²) in [5.41, 5.74) is 5.25. The van der Waals surface area contributed by atoms with Gasteiger partial charge in [-0.15, -0.1) is 0 Å². The zero-order valence-electron chi connectivity index (χ0n) is 9.26. The SMILES string of the molecule is CCCC(C)(N)C(=O)N(CC)CC. The number of amides is 1. The van der Waals surface area contributed by atoms with Gasteiger partial charge in [-0.3, -0.25) is 4.79 Å². The maximum absolute atomic E-state index is 11.8. The fraction of sp³-hybridized carbons (Fsp3) is 0.900. The van der Waals surface area contributed by atoms with E-state index in [1.807, 2.05) is 27.7 Å². The Morgan fingerprint density at radius 1 is 1.31 bits per heavy atom. The number of carbonyl (C=O) groups is 1. The van der Waals surface area contributed by atoms with Crippen molar-refractivity contribution in [2.24, 2.45) is 5.73 Å². The van der Waals surface area contributed by atoms with Gasteiger partial charge in [-0.05, 0) is 27.2 Å². The van der Waals surface area contributed by atoms with Gasteiger partial charge in [0.1, 0.15) is 0 Å². The molecule has 0 heterocycles. The molecule has 0 aliphatic carbocycles. The summed E-state index contributed by atoms with van der Waals surface area (Å²) in [6.07, 6.45) is 1.70. The van der Waals surface area contributed by atoms with Gasteiger partial charge in [-0.2, -0.15) is 0 Å². The first kappa shape index (κ1) is 12.4. The quantitative estimate of drug-likeness (QED) is 0.705. The number of nitrogens with zero attached hydrogens (tertiary/aromatic N) is 1. The molecule has 3 heteroatoms. The highest BCUT2D eigenvalue weighted by atomic mass is 16.2. The molecule has 13 heavy (non-hydrogen) atoms. The molecule has 3 nitrogen and oxygen atoms in total. The van der Waals surface area contributed by atoms with Crippen LogP contribution in [0.25, 0.3) is 0 Å². The standard InChI is InChI=1S/C10H22N2O/c1-5-8-10(4,11)9(13)12(6-2)7-3/h5-8,11H2,1-4H3. The number of hydrogen-bond donors (Lipinski definition) is 1. The van der Waals surface area contributed by atoms with E-state index in [2.05, 4.69) is 0 Å². The molecule has 0 aliphatic heterocycles. The zero-order valence-corrected chi connectivity index (χ0v) is 9.26. The molecule has 2 N–H and O–H groups in total. The molecule has 0 saturated carbocycles. The maximum atomic E-state index is 11.8. The first-order chi connectivity index (χ1) is 5.99. The van der Waals surface area contributed by atoms with E-state index >= 15 is 0 Å². The Morgan fingerprint density at radius 3 is 2.08 bits per heavy atom. The molecule has 0 aliphatic rings.